The summed E-state index contributed by atoms with van der Waals surface area (Å²) in [5.74, 6) is -0.522. The molecule has 6 nitrogen and oxygen atoms in total. The molecule has 1 rings (SSSR count). The maximum atomic E-state index is 11.2. The van der Waals surface area contributed by atoms with E-state index in [1.807, 2.05) is 6.92 Å². The van der Waals surface area contributed by atoms with Crippen LogP contribution in [0.2, 0.25) is 5.02 Å². The molecule has 1 aromatic rings. The van der Waals surface area contributed by atoms with Crippen LogP contribution in [0.25, 0.3) is 0 Å². The summed E-state index contributed by atoms with van der Waals surface area (Å²) in [6.07, 6.45) is 0. The van der Waals surface area contributed by atoms with E-state index in [1.165, 1.54) is 0 Å². The Morgan fingerprint density at radius 1 is 1.45 bits per heavy atom. The Morgan fingerprint density at radius 2 is 2.05 bits per heavy atom. The van der Waals surface area contributed by atoms with Crippen LogP contribution in [0.3, 0.4) is 0 Å². The van der Waals surface area contributed by atoms with E-state index >= 15 is 0 Å². The molecular formula is C13H17ClN2O4. The first-order chi connectivity index (χ1) is 9.23. The number of anilines is 1. The highest BCUT2D eigenvalue weighted by Crippen LogP contribution is 2.31. The number of halogens is 1. The van der Waals surface area contributed by atoms with Crippen LogP contribution in [-0.2, 0) is 0 Å². The summed E-state index contributed by atoms with van der Waals surface area (Å²) in [6, 6.07) is 2.16. The number of carboxylic acids is 1. The number of hydrogen-bond donors (Lipinski definition) is 2. The van der Waals surface area contributed by atoms with Crippen LogP contribution in [0.4, 0.5) is 11.4 Å². The number of carboxylic acid groups (broad SMARTS) is 1. The predicted octanol–water partition coefficient (Wildman–Crippen LogP) is 3.65. The van der Waals surface area contributed by atoms with Crippen molar-refractivity contribution in [1.29, 1.82) is 0 Å². The van der Waals surface area contributed by atoms with Gasteiger partial charge in [0.25, 0.3) is 5.69 Å². The van der Waals surface area contributed by atoms with Gasteiger partial charge >= 0.3 is 5.97 Å². The molecular weight excluding hydrogens is 284 g/mol. The topological polar surface area (TPSA) is 92.5 Å². The largest absolute Gasteiger partial charge is 0.478 e. The molecule has 0 bridgehead atoms. The SMILES string of the molecule is CC(C)C(C)CNc1c(Cl)cc([N+](=O)[O-])cc1C(=O)O. The van der Waals surface area contributed by atoms with E-state index in [-0.39, 0.29) is 22.0 Å². The Labute approximate surface area is 121 Å². The van der Waals surface area contributed by atoms with Crippen LogP contribution in [0.15, 0.2) is 12.1 Å². The Hall–Kier alpha value is -1.82. The third-order valence-electron chi connectivity index (χ3n) is 3.26. The molecule has 7 heteroatoms. The van der Waals surface area contributed by atoms with E-state index < -0.39 is 10.9 Å². The maximum absolute atomic E-state index is 11.2. The van der Waals surface area contributed by atoms with Crippen molar-refractivity contribution in [1.82, 2.24) is 0 Å². The second-order valence-corrected chi connectivity index (χ2v) is 5.42. The average Bonchev–Trinajstić information content (AvgIpc) is 2.35. The molecule has 0 spiro atoms. The van der Waals surface area contributed by atoms with Crippen LogP contribution in [0.1, 0.15) is 31.1 Å². The fourth-order valence-electron chi connectivity index (χ4n) is 1.54. The molecule has 0 radical (unpaired) electrons. The molecule has 0 amide bonds. The minimum absolute atomic E-state index is 0.0348. The molecule has 0 heterocycles. The standard InChI is InChI=1S/C13H17ClN2O4/c1-7(2)8(3)6-15-12-10(13(17)18)4-9(16(19)20)5-11(12)14/h4-5,7-8,15H,6H2,1-3H3,(H,17,18). The molecule has 1 atom stereocenters. The lowest BCUT2D eigenvalue weighted by atomic mass is 9.98. The van der Waals surface area contributed by atoms with Gasteiger partial charge in [-0.2, -0.15) is 0 Å². The number of benzene rings is 1. The highest BCUT2D eigenvalue weighted by atomic mass is 35.5. The van der Waals surface area contributed by atoms with Gasteiger partial charge in [0.1, 0.15) is 0 Å². The van der Waals surface area contributed by atoms with Crippen LogP contribution in [0, 0.1) is 22.0 Å². The Kier molecular flexibility index (Phi) is 5.33. The van der Waals surface area contributed by atoms with Crippen molar-refractivity contribution in [3.8, 4) is 0 Å². The van der Waals surface area contributed by atoms with Gasteiger partial charge in [0.2, 0.25) is 0 Å². The van der Waals surface area contributed by atoms with E-state index in [2.05, 4.69) is 19.2 Å². The van der Waals surface area contributed by atoms with Crippen LogP contribution >= 0.6 is 11.6 Å². The molecule has 1 unspecified atom stereocenters. The minimum Gasteiger partial charge on any atom is -0.478 e. The molecule has 0 fully saturated rings. The summed E-state index contributed by atoms with van der Waals surface area (Å²) in [7, 11) is 0. The number of non-ortho nitro benzene ring substituents is 1. The Balaban J connectivity index is 3.12. The molecule has 0 aliphatic heterocycles. The van der Waals surface area contributed by atoms with Crippen molar-refractivity contribution in [2.24, 2.45) is 11.8 Å². The summed E-state index contributed by atoms with van der Waals surface area (Å²) in [5, 5.41) is 22.9. The van der Waals surface area contributed by atoms with Crippen LogP contribution < -0.4 is 5.32 Å². The number of hydrogen-bond acceptors (Lipinski definition) is 4. The summed E-state index contributed by atoms with van der Waals surface area (Å²) >= 11 is 5.96. The number of carbonyl (C=O) groups is 1. The maximum Gasteiger partial charge on any atom is 0.338 e. The van der Waals surface area contributed by atoms with Crippen molar-refractivity contribution in [3.05, 3.63) is 32.8 Å². The third kappa shape index (κ3) is 3.84. The third-order valence-corrected chi connectivity index (χ3v) is 3.55. The van der Waals surface area contributed by atoms with Crippen LogP contribution in [0.5, 0.6) is 0 Å². The van der Waals surface area contributed by atoms with E-state index in [4.69, 9.17) is 16.7 Å². The lowest BCUT2D eigenvalue weighted by molar-refractivity contribution is -0.384. The normalized spacial score (nSPS) is 12.2. The Morgan fingerprint density at radius 3 is 2.50 bits per heavy atom. The zero-order valence-corrected chi connectivity index (χ0v) is 12.3. The molecule has 2 N–H and O–H groups in total. The lowest BCUT2D eigenvalue weighted by Crippen LogP contribution is -2.18. The number of nitrogens with zero attached hydrogens (tertiary/aromatic N) is 1. The molecule has 0 aromatic heterocycles. The van der Waals surface area contributed by atoms with Crippen molar-refractivity contribution < 1.29 is 14.8 Å². The summed E-state index contributed by atoms with van der Waals surface area (Å²) in [5.41, 5.74) is -0.313. The lowest BCUT2D eigenvalue weighted by Gasteiger charge is -2.18. The number of nitro groups is 1. The van der Waals surface area contributed by atoms with Crippen molar-refractivity contribution in [2.45, 2.75) is 20.8 Å². The molecule has 0 saturated carbocycles. The van der Waals surface area contributed by atoms with E-state index in [9.17, 15) is 14.9 Å². The van der Waals surface area contributed by atoms with Gasteiger partial charge in [-0.15, -0.1) is 0 Å². The summed E-state index contributed by atoms with van der Waals surface area (Å²) in [4.78, 5) is 21.3. The molecule has 0 saturated heterocycles. The highest BCUT2D eigenvalue weighted by molar-refractivity contribution is 6.34. The highest BCUT2D eigenvalue weighted by Gasteiger charge is 2.20. The van der Waals surface area contributed by atoms with Gasteiger partial charge < -0.3 is 10.4 Å². The van der Waals surface area contributed by atoms with Crippen molar-refractivity contribution in [2.75, 3.05) is 11.9 Å². The van der Waals surface area contributed by atoms with Crippen molar-refractivity contribution >= 4 is 28.9 Å². The van der Waals surface area contributed by atoms with Crippen LogP contribution in [-0.4, -0.2) is 22.5 Å². The van der Waals surface area contributed by atoms with E-state index in [0.717, 1.165) is 12.1 Å². The van der Waals surface area contributed by atoms with Gasteiger partial charge in [0.05, 0.1) is 21.2 Å². The first-order valence-corrected chi connectivity index (χ1v) is 6.57. The molecule has 0 aliphatic rings. The van der Waals surface area contributed by atoms with Gasteiger partial charge in [0, 0.05) is 18.7 Å². The fourth-order valence-corrected chi connectivity index (χ4v) is 1.83. The minimum atomic E-state index is -1.25. The van der Waals surface area contributed by atoms with E-state index in [1.54, 1.807) is 0 Å². The number of rotatable bonds is 6. The van der Waals surface area contributed by atoms with Gasteiger partial charge in [-0.05, 0) is 11.8 Å². The van der Waals surface area contributed by atoms with Gasteiger partial charge in [0.15, 0.2) is 0 Å². The second kappa shape index (κ2) is 6.56. The Bertz CT molecular complexity index is 531. The van der Waals surface area contributed by atoms with Gasteiger partial charge in [-0.25, -0.2) is 4.79 Å². The van der Waals surface area contributed by atoms with Crippen molar-refractivity contribution in [3.63, 3.8) is 0 Å². The zero-order valence-electron chi connectivity index (χ0n) is 11.5. The number of aromatic carboxylic acids is 1. The first kappa shape index (κ1) is 16.2. The second-order valence-electron chi connectivity index (χ2n) is 5.01. The monoisotopic (exact) mass is 300 g/mol. The predicted molar refractivity (Wildman–Crippen MR) is 77.6 cm³/mol. The molecule has 1 aromatic carbocycles. The fraction of sp³-hybridized carbons (Fsp3) is 0.462. The average molecular weight is 301 g/mol. The number of nitrogens with one attached hydrogen (secondary N) is 1. The smallest absolute Gasteiger partial charge is 0.338 e. The van der Waals surface area contributed by atoms with Gasteiger partial charge in [-0.3, -0.25) is 10.1 Å². The molecule has 20 heavy (non-hydrogen) atoms. The number of nitro benzene ring substituents is 1. The van der Waals surface area contributed by atoms with Gasteiger partial charge in [-0.1, -0.05) is 32.4 Å². The quantitative estimate of drug-likeness (QED) is 0.618. The summed E-state index contributed by atoms with van der Waals surface area (Å²) < 4.78 is 0. The molecule has 110 valence electrons. The summed E-state index contributed by atoms with van der Waals surface area (Å²) in [6.45, 7) is 6.68. The first-order valence-electron chi connectivity index (χ1n) is 6.19. The van der Waals surface area contributed by atoms with E-state index in [0.29, 0.717) is 18.4 Å². The zero-order chi connectivity index (χ0) is 15.4. The molecule has 0 aliphatic carbocycles.